The second kappa shape index (κ2) is 6.29. The lowest BCUT2D eigenvalue weighted by atomic mass is 10.0. The Kier molecular flexibility index (Phi) is 4.03. The molecule has 21 heavy (non-hydrogen) atoms. The third-order valence-corrected chi connectivity index (χ3v) is 3.38. The van der Waals surface area contributed by atoms with Crippen LogP contribution in [0.4, 0.5) is 0 Å². The van der Waals surface area contributed by atoms with Crippen LogP contribution in [0.1, 0.15) is 22.9 Å². The average molecular weight is 279 g/mol. The Bertz CT molecular complexity index is 677. The maximum Gasteiger partial charge on any atom is 0.125 e. The third-order valence-electron chi connectivity index (χ3n) is 3.38. The van der Waals surface area contributed by atoms with E-state index in [0.717, 1.165) is 16.9 Å². The molecule has 0 spiro atoms. The SMILES string of the molecule is Oc1cccc(CNC(c2ccccc2)c2ccco2)c1. The quantitative estimate of drug-likeness (QED) is 0.745. The second-order valence-electron chi connectivity index (χ2n) is 4.91. The summed E-state index contributed by atoms with van der Waals surface area (Å²) in [5.41, 5.74) is 2.18. The van der Waals surface area contributed by atoms with E-state index in [0.29, 0.717) is 6.54 Å². The van der Waals surface area contributed by atoms with Gasteiger partial charge in [-0.3, -0.25) is 5.32 Å². The van der Waals surface area contributed by atoms with Crippen molar-refractivity contribution in [3.05, 3.63) is 89.9 Å². The van der Waals surface area contributed by atoms with Crippen molar-refractivity contribution in [1.82, 2.24) is 5.32 Å². The average Bonchev–Trinajstić information content (AvgIpc) is 3.03. The summed E-state index contributed by atoms with van der Waals surface area (Å²) < 4.78 is 5.55. The second-order valence-corrected chi connectivity index (χ2v) is 4.91. The zero-order chi connectivity index (χ0) is 14.5. The number of phenolic OH excluding ortho intramolecular Hbond substituents is 1. The highest BCUT2D eigenvalue weighted by molar-refractivity contribution is 5.29. The van der Waals surface area contributed by atoms with Crippen molar-refractivity contribution >= 4 is 0 Å². The summed E-state index contributed by atoms with van der Waals surface area (Å²) in [6, 6.07) is 21.3. The number of rotatable bonds is 5. The predicted octanol–water partition coefficient (Wildman–Crippen LogP) is 3.86. The van der Waals surface area contributed by atoms with Crippen molar-refractivity contribution in [3.8, 4) is 5.75 Å². The van der Waals surface area contributed by atoms with E-state index in [1.165, 1.54) is 0 Å². The molecule has 1 heterocycles. The van der Waals surface area contributed by atoms with Gasteiger partial charge in [0.25, 0.3) is 0 Å². The van der Waals surface area contributed by atoms with Crippen LogP contribution in [0.25, 0.3) is 0 Å². The maximum atomic E-state index is 9.53. The minimum Gasteiger partial charge on any atom is -0.508 e. The van der Waals surface area contributed by atoms with Crippen LogP contribution in [0.3, 0.4) is 0 Å². The van der Waals surface area contributed by atoms with Crippen LogP contribution < -0.4 is 5.32 Å². The smallest absolute Gasteiger partial charge is 0.125 e. The van der Waals surface area contributed by atoms with E-state index >= 15 is 0 Å². The van der Waals surface area contributed by atoms with Crippen molar-refractivity contribution in [2.24, 2.45) is 0 Å². The minimum atomic E-state index is -0.0106. The Morgan fingerprint density at radius 1 is 0.952 bits per heavy atom. The third kappa shape index (κ3) is 3.33. The first-order valence-electron chi connectivity index (χ1n) is 6.92. The molecule has 3 rings (SSSR count). The van der Waals surface area contributed by atoms with Gasteiger partial charge in [-0.2, -0.15) is 0 Å². The number of hydrogen-bond donors (Lipinski definition) is 2. The predicted molar refractivity (Wildman–Crippen MR) is 81.9 cm³/mol. The summed E-state index contributed by atoms with van der Waals surface area (Å²) in [5, 5.41) is 13.0. The maximum absolute atomic E-state index is 9.53. The summed E-state index contributed by atoms with van der Waals surface area (Å²) in [4.78, 5) is 0. The van der Waals surface area contributed by atoms with Crippen LogP contribution in [0.15, 0.2) is 77.4 Å². The number of aromatic hydroxyl groups is 1. The van der Waals surface area contributed by atoms with Gasteiger partial charge in [0.05, 0.1) is 12.3 Å². The van der Waals surface area contributed by atoms with Gasteiger partial charge < -0.3 is 9.52 Å². The molecule has 0 aliphatic heterocycles. The molecule has 0 saturated heterocycles. The number of furan rings is 1. The Balaban J connectivity index is 1.80. The van der Waals surface area contributed by atoms with Gasteiger partial charge in [0.1, 0.15) is 11.5 Å². The molecule has 0 fully saturated rings. The number of phenols is 1. The molecule has 1 aromatic heterocycles. The molecule has 3 nitrogen and oxygen atoms in total. The molecule has 2 N–H and O–H groups in total. The van der Waals surface area contributed by atoms with Gasteiger partial charge in [0, 0.05) is 6.54 Å². The van der Waals surface area contributed by atoms with E-state index in [1.54, 1.807) is 18.4 Å². The summed E-state index contributed by atoms with van der Waals surface area (Å²) in [5.74, 6) is 1.16. The van der Waals surface area contributed by atoms with Crippen molar-refractivity contribution < 1.29 is 9.52 Å². The first-order chi connectivity index (χ1) is 10.3. The molecule has 0 radical (unpaired) electrons. The number of benzene rings is 2. The Morgan fingerprint density at radius 2 is 1.81 bits per heavy atom. The normalized spacial score (nSPS) is 12.2. The zero-order valence-electron chi connectivity index (χ0n) is 11.6. The highest BCUT2D eigenvalue weighted by atomic mass is 16.3. The Labute approximate surface area is 123 Å². The summed E-state index contributed by atoms with van der Waals surface area (Å²) in [6.45, 7) is 0.647. The summed E-state index contributed by atoms with van der Waals surface area (Å²) >= 11 is 0. The van der Waals surface area contributed by atoms with Crippen LogP contribution >= 0.6 is 0 Å². The topological polar surface area (TPSA) is 45.4 Å². The van der Waals surface area contributed by atoms with Gasteiger partial charge in [-0.15, -0.1) is 0 Å². The molecular formula is C18H17NO2. The Morgan fingerprint density at radius 3 is 2.52 bits per heavy atom. The first kappa shape index (κ1) is 13.5. The minimum absolute atomic E-state index is 0.0106. The molecule has 1 unspecified atom stereocenters. The van der Waals surface area contributed by atoms with E-state index in [4.69, 9.17) is 4.42 Å². The van der Waals surface area contributed by atoms with Crippen LogP contribution in [0, 0.1) is 0 Å². The summed E-state index contributed by atoms with van der Waals surface area (Å²) in [6.07, 6.45) is 1.68. The zero-order valence-corrected chi connectivity index (χ0v) is 11.6. The van der Waals surface area contributed by atoms with Crippen molar-refractivity contribution in [3.63, 3.8) is 0 Å². The first-order valence-corrected chi connectivity index (χ1v) is 6.92. The van der Waals surface area contributed by atoms with E-state index < -0.39 is 0 Å². The van der Waals surface area contributed by atoms with Crippen LogP contribution in [0.2, 0.25) is 0 Å². The monoisotopic (exact) mass is 279 g/mol. The molecule has 0 aliphatic carbocycles. The standard InChI is InChI=1S/C18H17NO2/c20-16-9-4-6-14(12-16)13-19-18(17-10-5-11-21-17)15-7-2-1-3-8-15/h1-12,18-20H,13H2. The van der Waals surface area contributed by atoms with Gasteiger partial charge >= 0.3 is 0 Å². The van der Waals surface area contributed by atoms with Crippen molar-refractivity contribution in [2.45, 2.75) is 12.6 Å². The fraction of sp³-hybridized carbons (Fsp3) is 0.111. The highest BCUT2D eigenvalue weighted by Gasteiger charge is 2.15. The molecule has 3 heteroatoms. The Hall–Kier alpha value is -2.52. The molecule has 1 atom stereocenters. The molecule has 2 aromatic carbocycles. The van der Waals surface area contributed by atoms with Gasteiger partial charge in [-0.05, 0) is 35.4 Å². The van der Waals surface area contributed by atoms with Gasteiger partial charge in [-0.25, -0.2) is 0 Å². The lowest BCUT2D eigenvalue weighted by molar-refractivity contribution is 0.444. The number of nitrogens with one attached hydrogen (secondary N) is 1. The lowest BCUT2D eigenvalue weighted by Crippen LogP contribution is -2.21. The molecule has 3 aromatic rings. The number of hydrogen-bond acceptors (Lipinski definition) is 3. The highest BCUT2D eigenvalue weighted by Crippen LogP contribution is 2.23. The van der Waals surface area contributed by atoms with E-state index in [2.05, 4.69) is 17.4 Å². The van der Waals surface area contributed by atoms with Crippen LogP contribution in [-0.4, -0.2) is 5.11 Å². The van der Waals surface area contributed by atoms with E-state index in [-0.39, 0.29) is 11.8 Å². The molecule has 0 aliphatic rings. The van der Waals surface area contributed by atoms with Crippen molar-refractivity contribution in [2.75, 3.05) is 0 Å². The lowest BCUT2D eigenvalue weighted by Gasteiger charge is -2.17. The molecule has 106 valence electrons. The van der Waals surface area contributed by atoms with Gasteiger partial charge in [-0.1, -0.05) is 42.5 Å². The fourth-order valence-electron chi connectivity index (χ4n) is 2.37. The van der Waals surface area contributed by atoms with Gasteiger partial charge in [0.2, 0.25) is 0 Å². The van der Waals surface area contributed by atoms with E-state index in [9.17, 15) is 5.11 Å². The largest absolute Gasteiger partial charge is 0.508 e. The summed E-state index contributed by atoms with van der Waals surface area (Å²) in [7, 11) is 0. The van der Waals surface area contributed by atoms with Crippen molar-refractivity contribution in [1.29, 1.82) is 0 Å². The fourth-order valence-corrected chi connectivity index (χ4v) is 2.37. The van der Waals surface area contributed by atoms with Gasteiger partial charge in [0.15, 0.2) is 0 Å². The molecule has 0 amide bonds. The van der Waals surface area contributed by atoms with Crippen LogP contribution in [-0.2, 0) is 6.54 Å². The van der Waals surface area contributed by atoms with E-state index in [1.807, 2.05) is 42.5 Å². The molecule has 0 bridgehead atoms. The molecule has 0 saturated carbocycles. The van der Waals surface area contributed by atoms with Crippen LogP contribution in [0.5, 0.6) is 5.75 Å². The molecular weight excluding hydrogens is 262 g/mol.